The molecular formula is C76H68Cl4F4N20S4. The summed E-state index contributed by atoms with van der Waals surface area (Å²) in [7, 11) is 0. The third-order valence-corrected chi connectivity index (χ3v) is 18.2. The zero-order valence-electron chi connectivity index (χ0n) is 101. The first kappa shape index (κ1) is 37.6. The highest BCUT2D eigenvalue weighted by molar-refractivity contribution is 7.23. The van der Waals surface area contributed by atoms with E-state index in [0.717, 1.165) is 67.8 Å². The van der Waals surface area contributed by atoms with Crippen LogP contribution in [0.5, 0.6) is 0 Å². The van der Waals surface area contributed by atoms with Crippen molar-refractivity contribution >= 4 is 156 Å². The minimum atomic E-state index is -3.97. The molecule has 0 spiro atoms. The summed E-state index contributed by atoms with van der Waals surface area (Å²) in [6.07, 6.45) is -25.1. The van der Waals surface area contributed by atoms with Crippen LogP contribution in [0, 0.1) is 68.6 Å². The smallest absolute Gasteiger partial charge is 0.162 e. The lowest BCUT2D eigenvalue weighted by Crippen LogP contribution is -2.38. The number of nitrogens with zero attached hydrogens (tertiary/aromatic N) is 16. The van der Waals surface area contributed by atoms with Crippen LogP contribution in [0.15, 0.2) is 122 Å². The number of likely N-dealkylation sites (tertiary alicyclic amines) is 4. The molecule has 4 aliphatic rings. The molecule has 4 N–H and O–H groups in total. The van der Waals surface area contributed by atoms with E-state index in [1.54, 1.807) is 0 Å². The minimum Gasteiger partial charge on any atom is -0.367 e. The van der Waals surface area contributed by atoms with E-state index >= 15 is 0 Å². The van der Waals surface area contributed by atoms with Crippen molar-refractivity contribution in [2.24, 2.45) is 0 Å². The van der Waals surface area contributed by atoms with E-state index in [0.29, 0.717) is 23.1 Å². The molecule has 12 heterocycles. The van der Waals surface area contributed by atoms with Gasteiger partial charge in [0.15, 0.2) is 5.65 Å². The van der Waals surface area contributed by atoms with Crippen molar-refractivity contribution in [1.29, 1.82) is 21.0 Å². The maximum Gasteiger partial charge on any atom is 0.162 e. The fraction of sp³-hybridized carbons (Fsp3) is 0.316. The molecule has 0 amide bonds. The Morgan fingerprint density at radius 1 is 0.417 bits per heavy atom. The topological polar surface area (TPSA) is 259 Å². The minimum absolute atomic E-state index is 0.00806. The molecule has 8 aromatic heterocycles. The van der Waals surface area contributed by atoms with Gasteiger partial charge in [-0.15, -0.1) is 45.3 Å². The summed E-state index contributed by atoms with van der Waals surface area (Å²) in [6, 6.07) is -15.1. The Morgan fingerprint density at radius 3 is 1.12 bits per heavy atom. The zero-order valence-corrected chi connectivity index (χ0v) is 59.8. The summed E-state index contributed by atoms with van der Waals surface area (Å²) in [4.78, 5) is 33.0. The van der Waals surface area contributed by atoms with Crippen molar-refractivity contribution in [3.8, 4) is 24.3 Å². The Bertz CT molecular complexity index is 7880. The van der Waals surface area contributed by atoms with Crippen molar-refractivity contribution in [2.75, 3.05) is 73.5 Å². The van der Waals surface area contributed by atoms with Crippen LogP contribution in [0.4, 0.5) is 40.8 Å². The van der Waals surface area contributed by atoms with E-state index in [-0.39, 0.29) is 102 Å². The number of benzene rings is 4. The second-order valence-electron chi connectivity index (χ2n) is 20.9. The molecule has 32 heteroatoms. The molecule has 108 heavy (non-hydrogen) atoms. The maximum absolute atomic E-state index is 14.4. The van der Waals surface area contributed by atoms with Crippen LogP contribution >= 0.6 is 91.8 Å². The summed E-state index contributed by atoms with van der Waals surface area (Å²) in [5, 5.41) is 36.3. The molecule has 552 valence electrons. The third-order valence-electron chi connectivity index (χ3n) is 13.8. The SMILES string of the molecule is [2H]c1c([2H])c(C([2H])N2C([2H])([2H])C([2H])([2H])C([2H])(N([2H])c3ncnc4sc(Cl)c([2H])c34)C([2H])([2H])C2([2H])[2H])c([2H])c(C#N)c1F.[2H]c1cc(F)c(C#N)c([2H])c1C([2H])N1CC([2H])([2H])C([2H])(N([2H])c2ncnc3sc(Cl)c([2H])c23)C([2H])([2H])C1.[2H]c1nc(N([2H])C2([2H])C([2H])([2H])CN(C([2H])([2H])c3c([2H])cc(F)c(C#N)c3[2H])CC2([2H])[2H])c2c([2H])c(Cl)sc2n1.[2H]c1nc(N([2H])C2([2H])C([2H])([2H])CN(C([2H])c3c([2H])cc(F)c(C#N)c3[2H])CC2([2H])[2H])c2c([2H])c(Cl)sc2n1. The van der Waals surface area contributed by atoms with E-state index < -0.39 is 317 Å². The van der Waals surface area contributed by atoms with Crippen LogP contribution in [0.2, 0.25) is 23.0 Å². The number of hydrogen-bond acceptors (Lipinski definition) is 24. The van der Waals surface area contributed by atoms with E-state index in [4.69, 9.17) is 123 Å². The Kier molecular flexibility index (Phi) is 12.7. The Hall–Kier alpha value is -9.08. The number of aromatic nitrogens is 8. The Balaban J connectivity index is 0.000000172. The first-order valence-electron chi connectivity index (χ1n) is 53.9. The number of thiophene rings is 4. The molecule has 0 aliphatic carbocycles. The summed E-state index contributed by atoms with van der Waals surface area (Å²) >= 11 is 27.3. The number of anilines is 4. The zero-order chi connectivity index (χ0) is 118. The number of fused-ring (bicyclic) bond motifs is 4. The van der Waals surface area contributed by atoms with Crippen molar-refractivity contribution in [2.45, 2.75) is 101 Å². The summed E-state index contributed by atoms with van der Waals surface area (Å²) < 4.78 is 463. The largest absolute Gasteiger partial charge is 0.367 e. The normalized spacial score (nSPS) is 29.0. The van der Waals surface area contributed by atoms with Gasteiger partial charge in [0.05, 0.1) is 84.4 Å². The first-order chi connectivity index (χ1) is 71.4. The molecule has 4 aliphatic heterocycles. The quantitative estimate of drug-likeness (QED) is 0.0655. The molecule has 4 saturated heterocycles. The standard InChI is InChI=1S/4C19H17ClFN5S/c4*20-17-8-15-18(23-11-24-19(15)27-17)25-14-3-5-26(6-4-14)10-12-1-2-16(21)13(7-12)9-22/h4*1-2,7-8,11,14H,3-6,10H2,(H,23,24,25)/i1D,2D,3D2,4D2,5D2,6D2,7D,8D,10D,14D;1D,3D2,4D2,7D,8D,10D2,11D,14D;1D,3D2,4D2,7D,8D,10D,11D,14D;1D,3D2,4D2,7D,8D,10D,14D/hD4. The number of nitrogens with one attached hydrogen (secondary N) is 4. The average molecular weight is 1660 g/mol. The lowest BCUT2D eigenvalue weighted by Gasteiger charge is -2.32. The monoisotopic (exact) mass is 1650 g/mol. The molecule has 0 saturated carbocycles. The average Bonchev–Trinajstić information content (AvgIpc) is 0.691. The highest BCUT2D eigenvalue weighted by Gasteiger charge is 2.27. The molecule has 3 unspecified atom stereocenters. The number of nitriles is 4. The Labute approximate surface area is 723 Å². The van der Waals surface area contributed by atoms with Crippen LogP contribution in [-0.2, 0) is 26.1 Å². The lowest BCUT2D eigenvalue weighted by atomic mass is 10.0. The van der Waals surface area contributed by atoms with Gasteiger partial charge in [0, 0.05) is 137 Å². The summed E-state index contributed by atoms with van der Waals surface area (Å²) in [5.41, 5.74) is -6.16. The third kappa shape index (κ3) is 20.0. The molecule has 12 aromatic rings. The van der Waals surface area contributed by atoms with Gasteiger partial charge >= 0.3 is 0 Å². The fourth-order valence-corrected chi connectivity index (χ4v) is 12.9. The molecule has 0 bridgehead atoms. The van der Waals surface area contributed by atoms with Crippen LogP contribution < -0.4 is 21.2 Å². The van der Waals surface area contributed by atoms with E-state index in [9.17, 15) is 28.1 Å². The van der Waals surface area contributed by atoms with Crippen molar-refractivity contribution < 1.29 is 83.5 Å². The second-order valence-corrected chi connectivity index (χ2v) is 27.3. The van der Waals surface area contributed by atoms with Gasteiger partial charge in [-0.1, -0.05) is 70.6 Å². The summed E-state index contributed by atoms with van der Waals surface area (Å²) in [6.45, 7) is -22.4. The van der Waals surface area contributed by atoms with Gasteiger partial charge in [0.1, 0.15) is 118 Å². The van der Waals surface area contributed by atoms with Gasteiger partial charge in [-0.25, -0.2) is 57.4 Å². The van der Waals surface area contributed by atoms with Crippen LogP contribution in [0.3, 0.4) is 0 Å². The lowest BCUT2D eigenvalue weighted by molar-refractivity contribution is 0.211. The van der Waals surface area contributed by atoms with Crippen LogP contribution in [-0.4, -0.2) is 136 Å². The van der Waals surface area contributed by atoms with E-state index in [1.807, 2.05) is 0 Å². The van der Waals surface area contributed by atoms with Crippen LogP contribution in [0.25, 0.3) is 40.9 Å². The number of piperidine rings is 4. The van der Waals surface area contributed by atoms with Gasteiger partial charge in [-0.05, 0) is 146 Å². The van der Waals surface area contributed by atoms with Crippen LogP contribution in [0.1, 0.15) is 156 Å². The van der Waals surface area contributed by atoms with Gasteiger partial charge in [0.2, 0.25) is 0 Å². The van der Waals surface area contributed by atoms with E-state index in [2.05, 4.69) is 39.9 Å². The molecular weight excluding hydrogens is 1540 g/mol. The predicted octanol–water partition coefficient (Wildman–Crippen LogP) is 17.7. The number of rotatable bonds is 16. The first-order valence-corrected chi connectivity index (χ1v) is 34.6. The van der Waals surface area contributed by atoms with E-state index in [1.165, 1.54) is 24.3 Å². The number of halogens is 8. The molecule has 20 nitrogen and oxygen atoms in total. The molecule has 4 aromatic carbocycles. The van der Waals surface area contributed by atoms with Crippen molar-refractivity contribution in [3.05, 3.63) is 207 Å². The van der Waals surface area contributed by atoms with Gasteiger partial charge in [-0.3, -0.25) is 19.6 Å². The predicted molar refractivity (Wildman–Crippen MR) is 422 cm³/mol. The molecule has 3 atom stereocenters. The van der Waals surface area contributed by atoms with Crippen molar-refractivity contribution in [3.63, 3.8) is 0 Å². The Morgan fingerprint density at radius 2 is 0.731 bits per heavy atom. The number of hydrogen-bond donors (Lipinski definition) is 4. The van der Waals surface area contributed by atoms with Gasteiger partial charge in [-0.2, -0.15) is 21.0 Å². The summed E-state index contributed by atoms with van der Waals surface area (Å²) in [5.74, 6) is -7.42. The second kappa shape index (κ2) is 36.4. The highest BCUT2D eigenvalue weighted by Crippen LogP contribution is 2.37. The van der Waals surface area contributed by atoms with Gasteiger partial charge in [0.25, 0.3) is 0 Å². The van der Waals surface area contributed by atoms with Crippen molar-refractivity contribution in [1.82, 2.24) is 59.5 Å². The molecule has 0 radical (unpaired) electrons. The molecule has 16 rings (SSSR count). The van der Waals surface area contributed by atoms with Gasteiger partial charge < -0.3 is 21.2 Å². The molecule has 4 fully saturated rings. The highest BCUT2D eigenvalue weighted by atomic mass is 35.5. The fourth-order valence-electron chi connectivity index (χ4n) is 8.97. The maximum atomic E-state index is 14.4.